The maximum atomic E-state index is 12.8. The molecule has 1 aliphatic rings. The SMILES string of the molecule is COc1ccc(CNC(=O)Cn2nc3c(c2NC(=O)c2ccccc2Cl)CSC3)cc1. The van der Waals surface area contributed by atoms with Crippen molar-refractivity contribution < 1.29 is 14.3 Å². The van der Waals surface area contributed by atoms with Crippen LogP contribution in [0.4, 0.5) is 5.82 Å². The molecule has 0 radical (unpaired) electrons. The van der Waals surface area contributed by atoms with Crippen LogP contribution in [-0.2, 0) is 29.4 Å². The van der Waals surface area contributed by atoms with Crippen molar-refractivity contribution in [3.63, 3.8) is 0 Å². The molecule has 0 bridgehead atoms. The number of carbonyl (C=O) groups excluding carboxylic acids is 2. The molecular weight excluding hydrogens is 436 g/mol. The number of nitrogens with one attached hydrogen (secondary N) is 2. The van der Waals surface area contributed by atoms with Crippen molar-refractivity contribution in [1.82, 2.24) is 15.1 Å². The summed E-state index contributed by atoms with van der Waals surface area (Å²) in [6.07, 6.45) is 0. The molecule has 0 aliphatic carbocycles. The normalized spacial score (nSPS) is 12.3. The number of methoxy groups -OCH3 is 1. The van der Waals surface area contributed by atoms with E-state index in [1.807, 2.05) is 24.3 Å². The van der Waals surface area contributed by atoms with E-state index in [0.29, 0.717) is 22.9 Å². The van der Waals surface area contributed by atoms with Crippen LogP contribution in [0.25, 0.3) is 0 Å². The lowest BCUT2D eigenvalue weighted by Crippen LogP contribution is -2.28. The van der Waals surface area contributed by atoms with Crippen LogP contribution in [0.5, 0.6) is 5.75 Å². The third-order valence-electron chi connectivity index (χ3n) is 4.91. The van der Waals surface area contributed by atoms with Gasteiger partial charge in [-0.2, -0.15) is 16.9 Å². The van der Waals surface area contributed by atoms with Crippen LogP contribution in [0, 0.1) is 0 Å². The third-order valence-corrected chi connectivity index (χ3v) is 6.21. The number of benzene rings is 2. The lowest BCUT2D eigenvalue weighted by atomic mass is 10.2. The van der Waals surface area contributed by atoms with Gasteiger partial charge in [0, 0.05) is 23.6 Å². The minimum Gasteiger partial charge on any atom is -0.497 e. The predicted molar refractivity (Wildman–Crippen MR) is 121 cm³/mol. The Morgan fingerprint density at radius 1 is 1.16 bits per heavy atom. The Morgan fingerprint density at radius 3 is 2.68 bits per heavy atom. The number of thioether (sulfide) groups is 1. The smallest absolute Gasteiger partial charge is 0.258 e. The predicted octanol–water partition coefficient (Wildman–Crippen LogP) is 3.86. The summed E-state index contributed by atoms with van der Waals surface area (Å²) in [7, 11) is 1.61. The first-order chi connectivity index (χ1) is 15.0. The lowest BCUT2D eigenvalue weighted by molar-refractivity contribution is -0.122. The number of carbonyl (C=O) groups is 2. The second-order valence-corrected chi connectivity index (χ2v) is 8.38. The largest absolute Gasteiger partial charge is 0.497 e. The summed E-state index contributed by atoms with van der Waals surface area (Å²) in [4.78, 5) is 25.3. The van der Waals surface area contributed by atoms with Gasteiger partial charge in [0.15, 0.2) is 0 Å². The molecule has 2 aromatic carbocycles. The first-order valence-electron chi connectivity index (χ1n) is 9.67. The van der Waals surface area contributed by atoms with Crippen LogP contribution in [0.1, 0.15) is 27.2 Å². The first-order valence-corrected chi connectivity index (χ1v) is 11.2. The van der Waals surface area contributed by atoms with E-state index in [9.17, 15) is 9.59 Å². The molecular formula is C22H21ClN4O3S. The number of ether oxygens (including phenoxy) is 1. The summed E-state index contributed by atoms with van der Waals surface area (Å²) in [5, 5.41) is 10.7. The average Bonchev–Trinajstić information content (AvgIpc) is 3.35. The summed E-state index contributed by atoms with van der Waals surface area (Å²) in [5.41, 5.74) is 3.18. The van der Waals surface area contributed by atoms with Gasteiger partial charge in [-0.3, -0.25) is 9.59 Å². The fourth-order valence-electron chi connectivity index (χ4n) is 3.28. The number of rotatable bonds is 7. The van der Waals surface area contributed by atoms with Crippen LogP contribution in [0.3, 0.4) is 0 Å². The Labute approximate surface area is 189 Å². The van der Waals surface area contributed by atoms with Crippen LogP contribution in [-0.4, -0.2) is 28.7 Å². The zero-order chi connectivity index (χ0) is 21.8. The molecule has 1 aromatic heterocycles. The average molecular weight is 457 g/mol. The molecule has 160 valence electrons. The van der Waals surface area contributed by atoms with Gasteiger partial charge in [0.25, 0.3) is 5.91 Å². The first kappa shape index (κ1) is 21.3. The van der Waals surface area contributed by atoms with E-state index >= 15 is 0 Å². The highest BCUT2D eigenvalue weighted by atomic mass is 35.5. The minimum absolute atomic E-state index is 0.00591. The van der Waals surface area contributed by atoms with Crippen molar-refractivity contribution >= 4 is 41.0 Å². The maximum absolute atomic E-state index is 12.8. The number of hydrogen-bond acceptors (Lipinski definition) is 5. The van der Waals surface area contributed by atoms with Crippen molar-refractivity contribution in [3.05, 3.63) is 75.9 Å². The fraction of sp³-hybridized carbons (Fsp3) is 0.227. The van der Waals surface area contributed by atoms with Gasteiger partial charge in [-0.1, -0.05) is 35.9 Å². The summed E-state index contributed by atoms with van der Waals surface area (Å²) in [6.45, 7) is 0.396. The maximum Gasteiger partial charge on any atom is 0.258 e. The van der Waals surface area contributed by atoms with Crippen molar-refractivity contribution in [2.45, 2.75) is 24.6 Å². The summed E-state index contributed by atoms with van der Waals surface area (Å²) >= 11 is 7.88. The van der Waals surface area contributed by atoms with Gasteiger partial charge in [-0.25, -0.2) is 4.68 Å². The highest BCUT2D eigenvalue weighted by molar-refractivity contribution is 7.98. The van der Waals surface area contributed by atoms with Crippen LogP contribution >= 0.6 is 23.4 Å². The highest BCUT2D eigenvalue weighted by Crippen LogP contribution is 2.35. The number of fused-ring (bicyclic) bond motifs is 1. The molecule has 0 spiro atoms. The Hall–Kier alpha value is -2.97. The molecule has 7 nitrogen and oxygen atoms in total. The second-order valence-electron chi connectivity index (χ2n) is 6.98. The number of nitrogens with zero attached hydrogens (tertiary/aromatic N) is 2. The molecule has 2 amide bonds. The van der Waals surface area contributed by atoms with Crippen LogP contribution < -0.4 is 15.4 Å². The minimum atomic E-state index is -0.329. The van der Waals surface area contributed by atoms with Gasteiger partial charge in [-0.15, -0.1) is 0 Å². The zero-order valence-corrected chi connectivity index (χ0v) is 18.4. The summed E-state index contributed by atoms with van der Waals surface area (Å²) in [6, 6.07) is 14.3. The monoisotopic (exact) mass is 456 g/mol. The van der Waals surface area contributed by atoms with Crippen LogP contribution in [0.2, 0.25) is 5.02 Å². The summed E-state index contributed by atoms with van der Waals surface area (Å²) < 4.78 is 6.70. The van der Waals surface area contributed by atoms with Crippen molar-refractivity contribution in [3.8, 4) is 5.75 Å². The van der Waals surface area contributed by atoms with Gasteiger partial charge >= 0.3 is 0 Å². The zero-order valence-electron chi connectivity index (χ0n) is 16.9. The van der Waals surface area contributed by atoms with E-state index in [1.165, 1.54) is 0 Å². The number of amides is 2. The van der Waals surface area contributed by atoms with Crippen molar-refractivity contribution in [2.75, 3.05) is 12.4 Å². The Morgan fingerprint density at radius 2 is 1.94 bits per heavy atom. The van der Waals surface area contributed by atoms with E-state index in [2.05, 4.69) is 15.7 Å². The highest BCUT2D eigenvalue weighted by Gasteiger charge is 2.25. The van der Waals surface area contributed by atoms with Gasteiger partial charge in [0.2, 0.25) is 5.91 Å². The third kappa shape index (κ3) is 4.86. The van der Waals surface area contributed by atoms with E-state index in [-0.39, 0.29) is 18.4 Å². The molecule has 0 unspecified atom stereocenters. The van der Waals surface area contributed by atoms with Gasteiger partial charge in [0.05, 0.1) is 23.4 Å². The van der Waals surface area contributed by atoms with E-state index < -0.39 is 0 Å². The number of hydrogen-bond donors (Lipinski definition) is 2. The molecule has 4 rings (SSSR count). The van der Waals surface area contributed by atoms with Gasteiger partial charge < -0.3 is 15.4 Å². The molecule has 31 heavy (non-hydrogen) atoms. The van der Waals surface area contributed by atoms with E-state index in [1.54, 1.807) is 47.8 Å². The van der Waals surface area contributed by atoms with Crippen molar-refractivity contribution in [1.29, 1.82) is 0 Å². The van der Waals surface area contributed by atoms with E-state index in [0.717, 1.165) is 34.1 Å². The molecule has 0 atom stereocenters. The second kappa shape index (κ2) is 9.45. The lowest BCUT2D eigenvalue weighted by Gasteiger charge is -2.12. The van der Waals surface area contributed by atoms with E-state index in [4.69, 9.17) is 16.3 Å². The number of anilines is 1. The fourth-order valence-corrected chi connectivity index (χ4v) is 4.53. The molecule has 2 heterocycles. The quantitative estimate of drug-likeness (QED) is 0.564. The molecule has 2 N–H and O–H groups in total. The molecule has 0 saturated heterocycles. The molecule has 3 aromatic rings. The number of aromatic nitrogens is 2. The molecule has 9 heteroatoms. The molecule has 0 fully saturated rings. The summed E-state index contributed by atoms with van der Waals surface area (Å²) in [5.74, 6) is 2.27. The standard InChI is InChI=1S/C22H21ClN4O3S/c1-30-15-8-6-14(7-9-15)10-24-20(28)11-27-21(17-12-31-13-19(17)26-27)25-22(29)16-4-2-3-5-18(16)23/h2-9H,10-13H2,1H3,(H,24,28)(H,25,29). The van der Waals surface area contributed by atoms with Crippen molar-refractivity contribution in [2.24, 2.45) is 0 Å². The molecule has 1 aliphatic heterocycles. The van der Waals surface area contributed by atoms with Gasteiger partial charge in [0.1, 0.15) is 18.1 Å². The van der Waals surface area contributed by atoms with Crippen LogP contribution in [0.15, 0.2) is 48.5 Å². The molecule has 0 saturated carbocycles. The Balaban J connectivity index is 1.46. The topological polar surface area (TPSA) is 85.2 Å². The Bertz CT molecular complexity index is 1110. The van der Waals surface area contributed by atoms with Gasteiger partial charge in [-0.05, 0) is 29.8 Å². The Kier molecular flexibility index (Phi) is 6.48. The number of halogens is 1.